The Balaban J connectivity index is 3.04. The van der Waals surface area contributed by atoms with Crippen molar-refractivity contribution in [1.29, 1.82) is 0 Å². The van der Waals surface area contributed by atoms with Gasteiger partial charge in [0.05, 0.1) is 18.8 Å². The van der Waals surface area contributed by atoms with Crippen LogP contribution in [0.25, 0.3) is 0 Å². The molecule has 0 amide bonds. The van der Waals surface area contributed by atoms with Gasteiger partial charge in [-0.3, -0.25) is 0 Å². The van der Waals surface area contributed by atoms with Gasteiger partial charge in [-0.05, 0) is 0 Å². The van der Waals surface area contributed by atoms with Crippen molar-refractivity contribution in [2.45, 2.75) is 43.4 Å². The van der Waals surface area contributed by atoms with E-state index in [0.717, 1.165) is 0 Å². The minimum atomic E-state index is -3.83. The number of aliphatic hydroxyl groups is 4. The molecule has 1 aliphatic rings. The second kappa shape index (κ2) is 5.63. The normalized spacial score (nSPS) is 42.7. The third-order valence-corrected chi connectivity index (χ3v) is 3.23. The van der Waals surface area contributed by atoms with E-state index in [-0.39, 0.29) is 0 Å². The highest BCUT2D eigenvalue weighted by Crippen LogP contribution is 2.38. The summed E-state index contributed by atoms with van der Waals surface area (Å²) in [6.07, 6.45) is -10.2. The monoisotopic (exact) mass is 286 g/mol. The lowest BCUT2D eigenvalue weighted by Crippen LogP contribution is -2.64. The van der Waals surface area contributed by atoms with Gasteiger partial charge in [-0.1, -0.05) is 6.92 Å². The van der Waals surface area contributed by atoms with Gasteiger partial charge in [0.25, 0.3) is 0 Å². The fraction of sp³-hybridized carbons (Fsp3) is 0.900. The van der Waals surface area contributed by atoms with Crippen molar-refractivity contribution in [2.75, 3.05) is 6.61 Å². The van der Waals surface area contributed by atoms with E-state index in [0.29, 0.717) is 0 Å². The molecule has 9 heteroatoms. The molecule has 0 spiro atoms. The first-order chi connectivity index (χ1) is 8.66. The Morgan fingerprint density at radius 2 is 2.00 bits per heavy atom. The lowest BCUT2D eigenvalue weighted by molar-refractivity contribution is -0.301. The lowest BCUT2D eigenvalue weighted by atomic mass is 9.84. The van der Waals surface area contributed by atoms with E-state index in [2.05, 4.69) is 4.74 Å². The summed E-state index contributed by atoms with van der Waals surface area (Å²) in [5.41, 5.74) is 0. The van der Waals surface area contributed by atoms with Crippen LogP contribution >= 0.6 is 0 Å². The summed E-state index contributed by atoms with van der Waals surface area (Å²) in [6.45, 7) is 0.298. The van der Waals surface area contributed by atoms with Crippen LogP contribution in [0.4, 0.5) is 8.78 Å². The third kappa shape index (κ3) is 2.70. The Labute approximate surface area is 107 Å². The fourth-order valence-electron chi connectivity index (χ4n) is 1.93. The van der Waals surface area contributed by atoms with Crippen LogP contribution in [0.2, 0.25) is 0 Å². The van der Waals surface area contributed by atoms with Gasteiger partial charge < -0.3 is 30.3 Å². The number of alkyl halides is 2. The van der Waals surface area contributed by atoms with E-state index < -0.39 is 54.9 Å². The number of halogens is 2. The Morgan fingerprint density at radius 3 is 2.42 bits per heavy atom. The molecule has 0 bridgehead atoms. The summed E-state index contributed by atoms with van der Waals surface area (Å²) in [5, 5.41) is 45.6. The Kier molecular flexibility index (Phi) is 4.80. The molecule has 2 unspecified atom stereocenters. The zero-order chi connectivity index (χ0) is 15.0. The summed E-state index contributed by atoms with van der Waals surface area (Å²) < 4.78 is 31.8. The molecule has 0 aliphatic carbocycles. The van der Waals surface area contributed by atoms with Crippen molar-refractivity contribution in [3.63, 3.8) is 0 Å². The van der Waals surface area contributed by atoms with E-state index in [1.165, 1.54) is 6.92 Å². The second-order valence-electron chi connectivity index (χ2n) is 4.52. The van der Waals surface area contributed by atoms with Gasteiger partial charge in [-0.2, -0.15) is 4.39 Å². The number of carboxylic acid groups (broad SMARTS) is 1. The van der Waals surface area contributed by atoms with Crippen LogP contribution in [0.1, 0.15) is 6.92 Å². The molecule has 7 atom stereocenters. The highest BCUT2D eigenvalue weighted by Gasteiger charge is 2.61. The van der Waals surface area contributed by atoms with Crippen LogP contribution in [-0.4, -0.2) is 74.6 Å². The quantitative estimate of drug-likeness (QED) is 0.412. The largest absolute Gasteiger partial charge is 0.477 e. The highest BCUT2D eigenvalue weighted by atomic mass is 19.2. The Hall–Kier alpha value is -0.870. The second-order valence-corrected chi connectivity index (χ2v) is 4.52. The van der Waals surface area contributed by atoms with Crippen LogP contribution in [0.5, 0.6) is 0 Å². The molecule has 1 saturated heterocycles. The first-order valence-corrected chi connectivity index (χ1v) is 5.56. The van der Waals surface area contributed by atoms with Crippen LogP contribution in [-0.2, 0) is 9.53 Å². The number of aliphatic carboxylic acids is 1. The molecule has 0 aromatic carbocycles. The van der Waals surface area contributed by atoms with Gasteiger partial charge >= 0.3 is 11.8 Å². The summed E-state index contributed by atoms with van der Waals surface area (Å²) in [4.78, 5) is 10.7. The first-order valence-electron chi connectivity index (χ1n) is 5.56. The topological polar surface area (TPSA) is 127 Å². The predicted molar refractivity (Wildman–Crippen MR) is 55.5 cm³/mol. The molecule has 5 N–H and O–H groups in total. The van der Waals surface area contributed by atoms with Gasteiger partial charge in [0.2, 0.25) is 0 Å². The molecule has 1 fully saturated rings. The molecule has 0 aromatic rings. The maximum atomic E-state index is 13.9. The summed E-state index contributed by atoms with van der Waals surface area (Å²) in [7, 11) is 0. The molecule has 19 heavy (non-hydrogen) atoms. The number of hydrogen-bond acceptors (Lipinski definition) is 6. The van der Waals surface area contributed by atoms with Gasteiger partial charge in [0.1, 0.15) is 12.2 Å². The molecular weight excluding hydrogens is 270 g/mol. The van der Waals surface area contributed by atoms with Crippen molar-refractivity contribution in [2.24, 2.45) is 5.92 Å². The van der Waals surface area contributed by atoms with E-state index >= 15 is 0 Å². The SMILES string of the molecule is C[C@H]1C([C@H](O)[C@H](O)CO)O[C@@](F)(C(=O)O)C(F)[C@H]1O. The van der Waals surface area contributed by atoms with Gasteiger partial charge in [-0.25, -0.2) is 9.18 Å². The summed E-state index contributed by atoms with van der Waals surface area (Å²) >= 11 is 0. The van der Waals surface area contributed by atoms with Crippen molar-refractivity contribution in [3.8, 4) is 0 Å². The molecule has 0 saturated carbocycles. The molecule has 0 aromatic heterocycles. The van der Waals surface area contributed by atoms with Crippen LogP contribution in [0, 0.1) is 5.92 Å². The third-order valence-electron chi connectivity index (χ3n) is 3.23. The smallest absolute Gasteiger partial charge is 0.372 e. The number of rotatable bonds is 4. The van der Waals surface area contributed by atoms with Gasteiger partial charge in [-0.15, -0.1) is 0 Å². The van der Waals surface area contributed by atoms with Crippen LogP contribution in [0.15, 0.2) is 0 Å². The molecule has 1 heterocycles. The van der Waals surface area contributed by atoms with Gasteiger partial charge in [0, 0.05) is 5.92 Å². The van der Waals surface area contributed by atoms with E-state index in [1.54, 1.807) is 0 Å². The molecule has 1 aliphatic heterocycles. The van der Waals surface area contributed by atoms with Crippen molar-refractivity contribution >= 4 is 5.97 Å². The minimum absolute atomic E-state index is 0.894. The standard InChI is InChI=1S/C10H16F2O7/c1-3-5(15)8(11)10(12,9(17)18)19-7(3)6(16)4(14)2-13/h3-8,13-16H,2H2,1H3,(H,17,18)/t3-,4-,5+,6-,7?,8?,10-/m1/s1. The Bertz CT molecular complexity index is 338. The zero-order valence-electron chi connectivity index (χ0n) is 9.98. The number of carbonyl (C=O) groups is 1. The minimum Gasteiger partial charge on any atom is -0.477 e. The first kappa shape index (κ1) is 16.2. The fourth-order valence-corrected chi connectivity index (χ4v) is 1.93. The van der Waals surface area contributed by atoms with E-state index in [1.807, 2.05) is 0 Å². The predicted octanol–water partition coefficient (Wildman–Crippen LogP) is -1.82. The molecular formula is C10H16F2O7. The molecule has 112 valence electrons. The highest BCUT2D eigenvalue weighted by molar-refractivity contribution is 5.76. The number of ether oxygens (including phenoxy) is 1. The summed E-state index contributed by atoms with van der Waals surface area (Å²) in [5.74, 6) is -7.30. The Morgan fingerprint density at radius 1 is 1.47 bits per heavy atom. The number of aliphatic hydroxyl groups excluding tert-OH is 4. The number of carboxylic acids is 1. The molecule has 7 nitrogen and oxygen atoms in total. The van der Waals surface area contributed by atoms with Crippen LogP contribution < -0.4 is 0 Å². The molecule has 0 radical (unpaired) electrons. The van der Waals surface area contributed by atoms with E-state index in [9.17, 15) is 28.9 Å². The van der Waals surface area contributed by atoms with Crippen LogP contribution in [0.3, 0.4) is 0 Å². The van der Waals surface area contributed by atoms with Crippen molar-refractivity contribution < 1.29 is 43.8 Å². The maximum Gasteiger partial charge on any atom is 0.372 e. The zero-order valence-corrected chi connectivity index (χ0v) is 9.98. The van der Waals surface area contributed by atoms with Gasteiger partial charge in [0.15, 0.2) is 6.17 Å². The maximum absolute atomic E-state index is 13.9. The lowest BCUT2D eigenvalue weighted by Gasteiger charge is -2.44. The average Bonchev–Trinajstić information content (AvgIpc) is 2.38. The van der Waals surface area contributed by atoms with Crippen molar-refractivity contribution in [1.82, 2.24) is 0 Å². The number of hydrogen-bond donors (Lipinski definition) is 5. The van der Waals surface area contributed by atoms with Crippen molar-refractivity contribution in [3.05, 3.63) is 0 Å². The average molecular weight is 286 g/mol. The van der Waals surface area contributed by atoms with E-state index in [4.69, 9.17) is 10.2 Å². The summed E-state index contributed by atoms with van der Waals surface area (Å²) in [6, 6.07) is 0. The molecule has 1 rings (SSSR count).